The second-order valence-corrected chi connectivity index (χ2v) is 5.43. The molecule has 1 unspecified atom stereocenters. The molecule has 0 saturated carbocycles. The van der Waals surface area contributed by atoms with Gasteiger partial charge in [-0.3, -0.25) is 4.79 Å². The first-order chi connectivity index (χ1) is 8.58. The van der Waals surface area contributed by atoms with Crippen molar-refractivity contribution in [2.45, 2.75) is 25.3 Å². The lowest BCUT2D eigenvalue weighted by molar-refractivity contribution is -0.143. The van der Waals surface area contributed by atoms with E-state index >= 15 is 0 Å². The zero-order chi connectivity index (χ0) is 13.2. The summed E-state index contributed by atoms with van der Waals surface area (Å²) in [5.41, 5.74) is 5.12. The molecule has 0 bridgehead atoms. The van der Waals surface area contributed by atoms with E-state index in [4.69, 9.17) is 27.4 Å². The lowest BCUT2D eigenvalue weighted by Gasteiger charge is -2.39. The number of amides is 1. The highest BCUT2D eigenvalue weighted by Crippen LogP contribution is 2.34. The van der Waals surface area contributed by atoms with E-state index in [0.717, 1.165) is 6.42 Å². The van der Waals surface area contributed by atoms with Gasteiger partial charge in [-0.15, -0.1) is 0 Å². The molecule has 102 valence electrons. The third-order valence-corrected chi connectivity index (χ3v) is 4.39. The van der Waals surface area contributed by atoms with Gasteiger partial charge in [0, 0.05) is 26.9 Å². The summed E-state index contributed by atoms with van der Waals surface area (Å²) in [6.07, 6.45) is 2.05. The first-order valence-electron chi connectivity index (χ1n) is 6.30. The lowest BCUT2D eigenvalue weighted by atomic mass is 9.78. The van der Waals surface area contributed by atoms with Gasteiger partial charge in [-0.1, -0.05) is 12.2 Å². The minimum atomic E-state index is -0.717. The van der Waals surface area contributed by atoms with E-state index in [9.17, 15) is 4.79 Å². The summed E-state index contributed by atoms with van der Waals surface area (Å²) >= 11 is 5.14. The molecule has 6 heteroatoms. The van der Waals surface area contributed by atoms with E-state index in [1.807, 2.05) is 7.05 Å². The van der Waals surface area contributed by atoms with Crippen LogP contribution in [0.3, 0.4) is 0 Å². The molecule has 1 atom stereocenters. The van der Waals surface area contributed by atoms with Crippen LogP contribution in [-0.4, -0.2) is 55.3 Å². The van der Waals surface area contributed by atoms with Crippen LogP contribution in [0, 0.1) is 5.41 Å². The minimum Gasteiger partial charge on any atom is -0.392 e. The fourth-order valence-corrected chi connectivity index (χ4v) is 2.91. The average Bonchev–Trinajstić information content (AvgIpc) is 2.91. The van der Waals surface area contributed by atoms with Crippen LogP contribution in [0.1, 0.15) is 19.3 Å². The van der Waals surface area contributed by atoms with Crippen LogP contribution in [0.4, 0.5) is 0 Å². The molecule has 0 aromatic heterocycles. The molecule has 0 spiro atoms. The van der Waals surface area contributed by atoms with Gasteiger partial charge in [-0.25, -0.2) is 0 Å². The maximum Gasteiger partial charge on any atom is 0.235 e. The molecule has 18 heavy (non-hydrogen) atoms. The number of thiocarbonyl (C=S) groups is 1. The van der Waals surface area contributed by atoms with Crippen LogP contribution >= 0.6 is 12.2 Å². The molecule has 2 fully saturated rings. The van der Waals surface area contributed by atoms with Crippen molar-refractivity contribution < 1.29 is 14.3 Å². The van der Waals surface area contributed by atoms with Crippen molar-refractivity contribution in [3.05, 3.63) is 0 Å². The van der Waals surface area contributed by atoms with E-state index in [-0.39, 0.29) is 11.9 Å². The monoisotopic (exact) mass is 272 g/mol. The minimum absolute atomic E-state index is 0.0220. The zero-order valence-corrected chi connectivity index (χ0v) is 11.5. The number of nitrogens with zero attached hydrogens (tertiary/aromatic N) is 1. The molecular weight excluding hydrogens is 252 g/mol. The molecular formula is C12H20N2O3S. The van der Waals surface area contributed by atoms with Gasteiger partial charge in [-0.05, 0) is 19.3 Å². The number of rotatable bonds is 3. The van der Waals surface area contributed by atoms with Gasteiger partial charge in [0.2, 0.25) is 5.91 Å². The Bertz CT molecular complexity index is 336. The predicted molar refractivity (Wildman–Crippen MR) is 71.3 cm³/mol. The molecule has 0 radical (unpaired) electrons. The average molecular weight is 272 g/mol. The highest BCUT2D eigenvalue weighted by molar-refractivity contribution is 7.80. The van der Waals surface area contributed by atoms with Crippen molar-refractivity contribution in [2.75, 3.05) is 33.5 Å². The van der Waals surface area contributed by atoms with Crippen molar-refractivity contribution in [2.24, 2.45) is 11.1 Å². The van der Waals surface area contributed by atoms with E-state index in [0.29, 0.717) is 44.3 Å². The molecule has 2 N–H and O–H groups in total. The highest BCUT2D eigenvalue weighted by atomic mass is 32.1. The smallest absolute Gasteiger partial charge is 0.235 e. The van der Waals surface area contributed by atoms with Crippen LogP contribution in [0.2, 0.25) is 0 Å². The van der Waals surface area contributed by atoms with Crippen molar-refractivity contribution in [1.82, 2.24) is 4.90 Å². The molecule has 2 aliphatic rings. The molecule has 5 nitrogen and oxygen atoms in total. The number of ether oxygens (including phenoxy) is 2. The summed E-state index contributed by atoms with van der Waals surface area (Å²) in [4.78, 5) is 14.8. The topological polar surface area (TPSA) is 64.8 Å². The number of nitrogens with two attached hydrogens (primary N) is 1. The summed E-state index contributed by atoms with van der Waals surface area (Å²) in [6.45, 7) is 2.40. The van der Waals surface area contributed by atoms with Crippen molar-refractivity contribution in [1.29, 1.82) is 0 Å². The van der Waals surface area contributed by atoms with E-state index in [1.54, 1.807) is 4.90 Å². The Morgan fingerprint density at radius 3 is 2.50 bits per heavy atom. The van der Waals surface area contributed by atoms with E-state index < -0.39 is 5.41 Å². The van der Waals surface area contributed by atoms with Gasteiger partial charge in [0.15, 0.2) is 0 Å². The van der Waals surface area contributed by atoms with Gasteiger partial charge >= 0.3 is 0 Å². The molecule has 2 aliphatic heterocycles. The summed E-state index contributed by atoms with van der Waals surface area (Å²) < 4.78 is 10.6. The second kappa shape index (κ2) is 5.50. The molecule has 2 rings (SSSR count). The Hall–Kier alpha value is -0.720. The van der Waals surface area contributed by atoms with Crippen LogP contribution < -0.4 is 5.73 Å². The highest BCUT2D eigenvalue weighted by Gasteiger charge is 2.46. The first-order valence-corrected chi connectivity index (χ1v) is 6.71. The summed E-state index contributed by atoms with van der Waals surface area (Å²) in [5, 5.41) is 0. The molecule has 2 saturated heterocycles. The Balaban J connectivity index is 2.14. The van der Waals surface area contributed by atoms with E-state index in [2.05, 4.69) is 0 Å². The predicted octanol–water partition coefficient (Wildman–Crippen LogP) is 0.317. The van der Waals surface area contributed by atoms with Crippen molar-refractivity contribution in [3.63, 3.8) is 0 Å². The molecule has 0 aliphatic carbocycles. The van der Waals surface area contributed by atoms with Gasteiger partial charge < -0.3 is 20.1 Å². The first kappa shape index (κ1) is 13.7. The van der Waals surface area contributed by atoms with Crippen LogP contribution in [0.15, 0.2) is 0 Å². The van der Waals surface area contributed by atoms with Crippen LogP contribution in [0.5, 0.6) is 0 Å². The standard InChI is InChI=1S/C12H20N2O3S/c1-14(9-2-5-17-8-9)11(15)12(10(13)18)3-6-16-7-4-12/h9H,2-8H2,1H3,(H2,13,18). The molecule has 2 heterocycles. The Labute approximate surface area is 113 Å². The van der Waals surface area contributed by atoms with Crippen molar-refractivity contribution in [3.8, 4) is 0 Å². The Morgan fingerprint density at radius 1 is 1.33 bits per heavy atom. The third kappa shape index (κ3) is 2.37. The maximum absolute atomic E-state index is 12.7. The second-order valence-electron chi connectivity index (χ2n) is 4.99. The Morgan fingerprint density at radius 2 is 2.00 bits per heavy atom. The number of carbonyl (C=O) groups is 1. The van der Waals surface area contributed by atoms with Gasteiger partial charge in [0.25, 0.3) is 0 Å². The van der Waals surface area contributed by atoms with Crippen molar-refractivity contribution >= 4 is 23.1 Å². The summed E-state index contributed by atoms with van der Waals surface area (Å²) in [5.74, 6) is 0.0220. The summed E-state index contributed by atoms with van der Waals surface area (Å²) in [6, 6.07) is 0.145. The number of likely N-dealkylation sites (N-methyl/N-ethyl adjacent to an activating group) is 1. The lowest BCUT2D eigenvalue weighted by Crippen LogP contribution is -2.54. The van der Waals surface area contributed by atoms with Gasteiger partial charge in [0.05, 0.1) is 17.6 Å². The quantitative estimate of drug-likeness (QED) is 0.749. The van der Waals surface area contributed by atoms with Gasteiger partial charge in [0.1, 0.15) is 5.41 Å². The third-order valence-electron chi connectivity index (χ3n) is 4.00. The molecule has 1 amide bonds. The van der Waals surface area contributed by atoms with Gasteiger partial charge in [-0.2, -0.15) is 0 Å². The molecule has 0 aromatic carbocycles. The number of hydrogen-bond donors (Lipinski definition) is 1. The fraction of sp³-hybridized carbons (Fsp3) is 0.833. The maximum atomic E-state index is 12.7. The SMILES string of the molecule is CN(C(=O)C1(C(N)=S)CCOCC1)C1CCOC1. The fourth-order valence-electron chi connectivity index (χ4n) is 2.62. The number of carbonyl (C=O) groups excluding carboxylic acids is 1. The zero-order valence-electron chi connectivity index (χ0n) is 10.7. The Kier molecular flexibility index (Phi) is 4.19. The van der Waals surface area contributed by atoms with Crippen LogP contribution in [-0.2, 0) is 14.3 Å². The van der Waals surface area contributed by atoms with Crippen LogP contribution in [0.25, 0.3) is 0 Å². The normalized spacial score (nSPS) is 26.8. The summed E-state index contributed by atoms with van der Waals surface area (Å²) in [7, 11) is 1.82. The molecule has 0 aromatic rings. The van der Waals surface area contributed by atoms with E-state index in [1.165, 1.54) is 0 Å². The number of hydrogen-bond acceptors (Lipinski definition) is 4. The largest absolute Gasteiger partial charge is 0.392 e.